The van der Waals surface area contributed by atoms with Crippen molar-refractivity contribution in [1.82, 2.24) is 4.72 Å². The van der Waals surface area contributed by atoms with E-state index in [0.717, 1.165) is 12.5 Å². The van der Waals surface area contributed by atoms with Gasteiger partial charge in [0.15, 0.2) is 0 Å². The Bertz CT molecular complexity index is 591. The first kappa shape index (κ1) is 18.0. The first-order valence-electron chi connectivity index (χ1n) is 6.56. The lowest BCUT2D eigenvalue weighted by Gasteiger charge is -2.11. The van der Waals surface area contributed by atoms with Crippen LogP contribution < -0.4 is 10.5 Å². The Balaban J connectivity index is 2.75. The minimum absolute atomic E-state index is 0.194. The van der Waals surface area contributed by atoms with E-state index >= 15 is 0 Å². The van der Waals surface area contributed by atoms with Crippen molar-refractivity contribution in [3.63, 3.8) is 0 Å². The summed E-state index contributed by atoms with van der Waals surface area (Å²) in [6.45, 7) is 3.28. The Labute approximate surface area is 129 Å². The zero-order chi connectivity index (χ0) is 15.9. The SMILES string of the molecule is CCCOCCCNS(=O)(=O)c1cccc(F)c1C(N)=S. The van der Waals surface area contributed by atoms with E-state index in [2.05, 4.69) is 4.72 Å². The molecule has 0 aliphatic heterocycles. The number of ether oxygens (including phenoxy) is 1. The summed E-state index contributed by atoms with van der Waals surface area (Å²) < 4.78 is 45.6. The van der Waals surface area contributed by atoms with Crippen LogP contribution in [-0.2, 0) is 14.8 Å². The molecule has 0 aliphatic carbocycles. The standard InChI is InChI=1S/C13H19FN2O3S2/c1-2-8-19-9-4-7-16-21(17,18)11-6-3-5-10(14)12(11)13(15)20/h3,5-6,16H,2,4,7-9H2,1H3,(H2,15,20). The van der Waals surface area contributed by atoms with E-state index in [1.165, 1.54) is 12.1 Å². The molecule has 0 amide bonds. The molecule has 0 saturated carbocycles. The second-order valence-electron chi connectivity index (χ2n) is 4.34. The van der Waals surface area contributed by atoms with Crippen LogP contribution in [0.1, 0.15) is 25.3 Å². The van der Waals surface area contributed by atoms with Crippen LogP contribution in [0.15, 0.2) is 23.1 Å². The van der Waals surface area contributed by atoms with Gasteiger partial charge < -0.3 is 10.5 Å². The predicted molar refractivity (Wildman–Crippen MR) is 83.2 cm³/mol. The van der Waals surface area contributed by atoms with Gasteiger partial charge in [-0.1, -0.05) is 25.2 Å². The third-order valence-electron chi connectivity index (χ3n) is 2.62. The third kappa shape index (κ3) is 5.31. The fourth-order valence-electron chi connectivity index (χ4n) is 1.67. The van der Waals surface area contributed by atoms with E-state index in [-0.39, 0.29) is 22.0 Å². The highest BCUT2D eigenvalue weighted by Gasteiger charge is 2.22. The molecule has 1 rings (SSSR count). The van der Waals surface area contributed by atoms with Gasteiger partial charge in [-0.15, -0.1) is 0 Å². The summed E-state index contributed by atoms with van der Waals surface area (Å²) in [5.74, 6) is -0.753. The lowest BCUT2D eigenvalue weighted by atomic mass is 10.2. The van der Waals surface area contributed by atoms with Crippen LogP contribution in [0.4, 0.5) is 4.39 Å². The molecule has 0 atom stereocenters. The van der Waals surface area contributed by atoms with Gasteiger partial charge in [0.25, 0.3) is 0 Å². The first-order valence-corrected chi connectivity index (χ1v) is 8.45. The molecular formula is C13H19FN2O3S2. The van der Waals surface area contributed by atoms with Gasteiger partial charge in [-0.3, -0.25) is 0 Å². The average Bonchev–Trinajstić information content (AvgIpc) is 2.42. The smallest absolute Gasteiger partial charge is 0.241 e. The fourth-order valence-corrected chi connectivity index (χ4v) is 3.25. The maximum absolute atomic E-state index is 13.7. The summed E-state index contributed by atoms with van der Waals surface area (Å²) in [6.07, 6.45) is 1.43. The largest absolute Gasteiger partial charge is 0.389 e. The summed E-state index contributed by atoms with van der Waals surface area (Å²) in [5.41, 5.74) is 5.14. The normalized spacial score (nSPS) is 11.5. The van der Waals surface area contributed by atoms with Crippen LogP contribution in [0.2, 0.25) is 0 Å². The van der Waals surface area contributed by atoms with Gasteiger partial charge >= 0.3 is 0 Å². The third-order valence-corrected chi connectivity index (χ3v) is 4.32. The number of hydrogen-bond acceptors (Lipinski definition) is 4. The topological polar surface area (TPSA) is 81.4 Å². The maximum Gasteiger partial charge on any atom is 0.241 e. The Kier molecular flexibility index (Phi) is 7.16. The quantitative estimate of drug-likeness (QED) is 0.529. The summed E-state index contributed by atoms with van der Waals surface area (Å²) in [7, 11) is -3.86. The Morgan fingerprint density at radius 2 is 2.14 bits per heavy atom. The number of hydrogen-bond donors (Lipinski definition) is 2. The van der Waals surface area contributed by atoms with Crippen molar-refractivity contribution in [2.75, 3.05) is 19.8 Å². The zero-order valence-electron chi connectivity index (χ0n) is 11.8. The average molecular weight is 334 g/mol. The van der Waals surface area contributed by atoms with Crippen LogP contribution in [0.5, 0.6) is 0 Å². The van der Waals surface area contributed by atoms with Crippen molar-refractivity contribution < 1.29 is 17.5 Å². The molecule has 0 aromatic heterocycles. The number of thiocarbonyl (C=S) groups is 1. The van der Waals surface area contributed by atoms with Gasteiger partial charge in [0.2, 0.25) is 10.0 Å². The van der Waals surface area contributed by atoms with Gasteiger partial charge in [0.1, 0.15) is 10.8 Å². The molecule has 118 valence electrons. The molecule has 0 heterocycles. The molecule has 0 saturated heterocycles. The van der Waals surface area contributed by atoms with Crippen molar-refractivity contribution >= 4 is 27.2 Å². The highest BCUT2D eigenvalue weighted by Crippen LogP contribution is 2.18. The summed E-state index contributed by atoms with van der Waals surface area (Å²) in [5, 5.41) is 0. The van der Waals surface area contributed by atoms with E-state index < -0.39 is 15.8 Å². The number of halogens is 1. The second-order valence-corrected chi connectivity index (χ2v) is 6.52. The molecule has 0 aliphatic rings. The van der Waals surface area contributed by atoms with Crippen LogP contribution in [0.3, 0.4) is 0 Å². The van der Waals surface area contributed by atoms with Crippen molar-refractivity contribution in [2.24, 2.45) is 5.73 Å². The molecule has 8 heteroatoms. The Morgan fingerprint density at radius 3 is 2.76 bits per heavy atom. The number of nitrogens with one attached hydrogen (secondary N) is 1. The maximum atomic E-state index is 13.7. The first-order chi connectivity index (χ1) is 9.90. The zero-order valence-corrected chi connectivity index (χ0v) is 13.4. The molecule has 21 heavy (non-hydrogen) atoms. The molecule has 3 N–H and O–H groups in total. The fraction of sp³-hybridized carbons (Fsp3) is 0.462. The van der Waals surface area contributed by atoms with E-state index in [4.69, 9.17) is 22.7 Å². The minimum Gasteiger partial charge on any atom is -0.389 e. The number of nitrogens with two attached hydrogens (primary N) is 1. The summed E-state index contributed by atoms with van der Waals surface area (Å²) >= 11 is 4.71. The van der Waals surface area contributed by atoms with Gasteiger partial charge in [-0.25, -0.2) is 17.5 Å². The monoisotopic (exact) mass is 334 g/mol. The number of sulfonamides is 1. The molecule has 0 bridgehead atoms. The van der Waals surface area contributed by atoms with Crippen LogP contribution in [0, 0.1) is 5.82 Å². The highest BCUT2D eigenvalue weighted by atomic mass is 32.2. The van der Waals surface area contributed by atoms with E-state index in [0.29, 0.717) is 19.6 Å². The number of rotatable bonds is 9. The second kappa shape index (κ2) is 8.38. The van der Waals surface area contributed by atoms with E-state index in [9.17, 15) is 12.8 Å². The minimum atomic E-state index is -3.86. The van der Waals surface area contributed by atoms with E-state index in [1.807, 2.05) is 6.92 Å². The lowest BCUT2D eigenvalue weighted by molar-refractivity contribution is 0.133. The van der Waals surface area contributed by atoms with Gasteiger partial charge in [-0.2, -0.15) is 0 Å². The molecule has 0 radical (unpaired) electrons. The Morgan fingerprint density at radius 1 is 1.43 bits per heavy atom. The molecule has 5 nitrogen and oxygen atoms in total. The van der Waals surface area contributed by atoms with Crippen LogP contribution in [0.25, 0.3) is 0 Å². The summed E-state index contributed by atoms with van der Waals surface area (Å²) in [6, 6.07) is 3.69. The Hall–Kier alpha value is -1.09. The van der Waals surface area contributed by atoms with Crippen molar-refractivity contribution in [3.05, 3.63) is 29.6 Å². The highest BCUT2D eigenvalue weighted by molar-refractivity contribution is 7.89. The molecule has 0 spiro atoms. The van der Waals surface area contributed by atoms with Gasteiger partial charge in [-0.05, 0) is 25.0 Å². The molecule has 0 fully saturated rings. The lowest BCUT2D eigenvalue weighted by Crippen LogP contribution is -2.28. The van der Waals surface area contributed by atoms with E-state index in [1.54, 1.807) is 0 Å². The molecular weight excluding hydrogens is 315 g/mol. The van der Waals surface area contributed by atoms with Crippen molar-refractivity contribution in [3.8, 4) is 0 Å². The van der Waals surface area contributed by atoms with Crippen molar-refractivity contribution in [1.29, 1.82) is 0 Å². The molecule has 1 aromatic rings. The predicted octanol–water partition coefficient (Wildman–Crippen LogP) is 1.55. The molecule has 1 aromatic carbocycles. The van der Waals surface area contributed by atoms with Gasteiger partial charge in [0.05, 0.1) is 10.5 Å². The van der Waals surface area contributed by atoms with Crippen LogP contribution in [-0.4, -0.2) is 33.2 Å². The van der Waals surface area contributed by atoms with Gasteiger partial charge in [0, 0.05) is 19.8 Å². The summed E-state index contributed by atoms with van der Waals surface area (Å²) in [4.78, 5) is -0.538. The number of benzene rings is 1. The molecule has 0 unspecified atom stereocenters. The van der Waals surface area contributed by atoms with Crippen molar-refractivity contribution in [2.45, 2.75) is 24.7 Å². The van der Waals surface area contributed by atoms with Crippen LogP contribution >= 0.6 is 12.2 Å².